The van der Waals surface area contributed by atoms with Gasteiger partial charge in [0, 0.05) is 30.0 Å². The standard InChI is InChI=1S/C22H30N4O3/c1-5-26(6-2)15-14-23-20(27)17-9-11-18(12-10-17)25-21(28)19-13-8-16(4)24-22(19)29-7-3/h8-13H,5-7,14-15H2,1-4H3,(H,23,27)(H,25,28). The molecule has 2 amide bonds. The number of pyridine rings is 1. The second kappa shape index (κ2) is 11.2. The summed E-state index contributed by atoms with van der Waals surface area (Å²) in [4.78, 5) is 31.4. The van der Waals surface area contributed by atoms with Gasteiger partial charge in [-0.15, -0.1) is 0 Å². The largest absolute Gasteiger partial charge is 0.477 e. The Labute approximate surface area is 172 Å². The molecule has 1 aromatic carbocycles. The van der Waals surface area contributed by atoms with Crippen LogP contribution in [-0.4, -0.2) is 54.5 Å². The van der Waals surface area contributed by atoms with Gasteiger partial charge in [-0.05, 0) is 63.3 Å². The van der Waals surface area contributed by atoms with Gasteiger partial charge in [-0.25, -0.2) is 4.98 Å². The van der Waals surface area contributed by atoms with E-state index in [1.807, 2.05) is 13.8 Å². The van der Waals surface area contributed by atoms with Crippen molar-refractivity contribution in [1.82, 2.24) is 15.2 Å². The minimum atomic E-state index is -0.308. The maximum Gasteiger partial charge on any atom is 0.261 e. The Kier molecular flexibility index (Phi) is 8.61. The van der Waals surface area contributed by atoms with E-state index in [1.54, 1.807) is 36.4 Å². The van der Waals surface area contributed by atoms with Crippen LogP contribution >= 0.6 is 0 Å². The molecule has 1 heterocycles. The van der Waals surface area contributed by atoms with Crippen molar-refractivity contribution in [2.45, 2.75) is 27.7 Å². The predicted octanol–water partition coefficient (Wildman–Crippen LogP) is 3.11. The number of benzene rings is 1. The Morgan fingerprint density at radius 2 is 1.69 bits per heavy atom. The van der Waals surface area contributed by atoms with Gasteiger partial charge < -0.3 is 20.3 Å². The van der Waals surface area contributed by atoms with E-state index >= 15 is 0 Å². The molecule has 0 unspecified atom stereocenters. The number of hydrogen-bond acceptors (Lipinski definition) is 5. The number of carbonyl (C=O) groups excluding carboxylic acids is 2. The van der Waals surface area contributed by atoms with E-state index in [9.17, 15) is 9.59 Å². The fraction of sp³-hybridized carbons (Fsp3) is 0.409. The molecule has 7 heteroatoms. The lowest BCUT2D eigenvalue weighted by molar-refractivity contribution is 0.0948. The van der Waals surface area contributed by atoms with E-state index in [2.05, 4.69) is 34.4 Å². The Bertz CT molecular complexity index is 817. The van der Waals surface area contributed by atoms with Gasteiger partial charge in [0.15, 0.2) is 0 Å². The average molecular weight is 399 g/mol. The predicted molar refractivity (Wildman–Crippen MR) is 115 cm³/mol. The molecule has 2 aromatic rings. The number of nitrogens with one attached hydrogen (secondary N) is 2. The van der Waals surface area contributed by atoms with Crippen LogP contribution in [0.25, 0.3) is 0 Å². The maximum atomic E-state index is 12.6. The molecule has 0 aliphatic carbocycles. The monoisotopic (exact) mass is 398 g/mol. The molecule has 29 heavy (non-hydrogen) atoms. The van der Waals surface area contributed by atoms with Crippen molar-refractivity contribution in [3.8, 4) is 5.88 Å². The first-order valence-electron chi connectivity index (χ1n) is 10.0. The first-order chi connectivity index (χ1) is 14.0. The summed E-state index contributed by atoms with van der Waals surface area (Å²) in [6.07, 6.45) is 0. The van der Waals surface area contributed by atoms with Crippen LogP contribution in [0.15, 0.2) is 36.4 Å². The lowest BCUT2D eigenvalue weighted by Crippen LogP contribution is -2.34. The summed E-state index contributed by atoms with van der Waals surface area (Å²) in [5, 5.41) is 5.74. The maximum absolute atomic E-state index is 12.6. The summed E-state index contributed by atoms with van der Waals surface area (Å²) < 4.78 is 5.47. The SMILES string of the molecule is CCOc1nc(C)ccc1C(=O)Nc1ccc(C(=O)NCCN(CC)CC)cc1. The third kappa shape index (κ3) is 6.57. The molecule has 0 atom stereocenters. The highest BCUT2D eigenvalue weighted by atomic mass is 16.5. The van der Waals surface area contributed by atoms with Crippen LogP contribution in [0, 0.1) is 6.92 Å². The number of amides is 2. The molecule has 0 spiro atoms. The van der Waals surface area contributed by atoms with E-state index in [0.29, 0.717) is 35.8 Å². The fourth-order valence-corrected chi connectivity index (χ4v) is 2.83. The first kappa shape index (κ1) is 22.4. The van der Waals surface area contributed by atoms with E-state index in [4.69, 9.17) is 4.74 Å². The van der Waals surface area contributed by atoms with Crippen molar-refractivity contribution >= 4 is 17.5 Å². The summed E-state index contributed by atoms with van der Waals surface area (Å²) in [5.74, 6) is -0.122. The van der Waals surface area contributed by atoms with Crippen molar-refractivity contribution < 1.29 is 14.3 Å². The van der Waals surface area contributed by atoms with E-state index < -0.39 is 0 Å². The smallest absolute Gasteiger partial charge is 0.261 e. The van der Waals surface area contributed by atoms with E-state index in [-0.39, 0.29) is 11.8 Å². The minimum absolute atomic E-state index is 0.128. The fourth-order valence-electron chi connectivity index (χ4n) is 2.83. The molecule has 7 nitrogen and oxygen atoms in total. The van der Waals surface area contributed by atoms with E-state index in [1.165, 1.54) is 0 Å². The molecular formula is C22H30N4O3. The third-order valence-electron chi connectivity index (χ3n) is 4.54. The van der Waals surface area contributed by atoms with Crippen LogP contribution in [0.5, 0.6) is 5.88 Å². The lowest BCUT2D eigenvalue weighted by Gasteiger charge is -2.18. The van der Waals surface area contributed by atoms with Crippen molar-refractivity contribution in [1.29, 1.82) is 0 Å². The van der Waals surface area contributed by atoms with Crippen LogP contribution in [0.3, 0.4) is 0 Å². The summed E-state index contributed by atoms with van der Waals surface area (Å²) in [7, 11) is 0. The number of likely N-dealkylation sites (N-methyl/N-ethyl adjacent to an activating group) is 1. The van der Waals surface area contributed by atoms with Crippen molar-refractivity contribution in [2.75, 3.05) is 38.1 Å². The highest BCUT2D eigenvalue weighted by Gasteiger charge is 2.15. The lowest BCUT2D eigenvalue weighted by atomic mass is 10.1. The van der Waals surface area contributed by atoms with Crippen LogP contribution in [0.4, 0.5) is 5.69 Å². The Balaban J connectivity index is 1.97. The van der Waals surface area contributed by atoms with Crippen molar-refractivity contribution in [3.63, 3.8) is 0 Å². The van der Waals surface area contributed by atoms with Gasteiger partial charge >= 0.3 is 0 Å². The van der Waals surface area contributed by atoms with Crippen LogP contribution in [-0.2, 0) is 0 Å². The molecule has 1 aromatic heterocycles. The van der Waals surface area contributed by atoms with Gasteiger partial charge in [0.1, 0.15) is 5.56 Å². The normalized spacial score (nSPS) is 10.7. The van der Waals surface area contributed by atoms with Crippen LogP contribution in [0.1, 0.15) is 47.2 Å². The van der Waals surface area contributed by atoms with Gasteiger partial charge in [0.05, 0.1) is 6.61 Å². The summed E-state index contributed by atoms with van der Waals surface area (Å²) in [6.45, 7) is 11.6. The van der Waals surface area contributed by atoms with Gasteiger partial charge in [-0.2, -0.15) is 0 Å². The number of rotatable bonds is 10. The molecule has 0 aliphatic heterocycles. The average Bonchev–Trinajstić information content (AvgIpc) is 2.72. The second-order valence-corrected chi connectivity index (χ2v) is 6.55. The van der Waals surface area contributed by atoms with Gasteiger partial charge in [-0.3, -0.25) is 9.59 Å². The Morgan fingerprint density at radius 3 is 2.31 bits per heavy atom. The molecule has 0 bridgehead atoms. The molecule has 0 saturated carbocycles. The van der Waals surface area contributed by atoms with E-state index in [0.717, 1.165) is 25.3 Å². The number of nitrogens with zero attached hydrogens (tertiary/aromatic N) is 2. The number of anilines is 1. The number of aromatic nitrogens is 1. The highest BCUT2D eigenvalue weighted by Crippen LogP contribution is 2.19. The van der Waals surface area contributed by atoms with Gasteiger partial charge in [0.25, 0.3) is 11.8 Å². The van der Waals surface area contributed by atoms with Crippen LogP contribution in [0.2, 0.25) is 0 Å². The Hall–Kier alpha value is -2.93. The number of ether oxygens (including phenoxy) is 1. The van der Waals surface area contributed by atoms with Gasteiger partial charge in [0.2, 0.25) is 5.88 Å². The third-order valence-corrected chi connectivity index (χ3v) is 4.54. The van der Waals surface area contributed by atoms with Crippen molar-refractivity contribution in [2.24, 2.45) is 0 Å². The molecule has 156 valence electrons. The molecule has 0 saturated heterocycles. The zero-order chi connectivity index (χ0) is 21.2. The molecule has 0 aliphatic rings. The molecular weight excluding hydrogens is 368 g/mol. The highest BCUT2D eigenvalue weighted by molar-refractivity contribution is 6.06. The van der Waals surface area contributed by atoms with Gasteiger partial charge in [-0.1, -0.05) is 13.8 Å². The quantitative estimate of drug-likeness (QED) is 0.642. The number of hydrogen-bond donors (Lipinski definition) is 2. The zero-order valence-electron chi connectivity index (χ0n) is 17.6. The summed E-state index contributed by atoms with van der Waals surface area (Å²) >= 11 is 0. The number of carbonyl (C=O) groups is 2. The molecule has 2 rings (SSSR count). The molecule has 0 radical (unpaired) electrons. The molecule has 2 N–H and O–H groups in total. The number of aryl methyl sites for hydroxylation is 1. The second-order valence-electron chi connectivity index (χ2n) is 6.55. The Morgan fingerprint density at radius 1 is 1.00 bits per heavy atom. The summed E-state index contributed by atoms with van der Waals surface area (Å²) in [6, 6.07) is 10.3. The van der Waals surface area contributed by atoms with Crippen molar-refractivity contribution in [3.05, 3.63) is 53.2 Å². The topological polar surface area (TPSA) is 83.6 Å². The minimum Gasteiger partial charge on any atom is -0.477 e. The molecule has 0 fully saturated rings. The first-order valence-corrected chi connectivity index (χ1v) is 10.0. The zero-order valence-corrected chi connectivity index (χ0v) is 17.6. The van der Waals surface area contributed by atoms with Crippen LogP contribution < -0.4 is 15.4 Å². The summed E-state index contributed by atoms with van der Waals surface area (Å²) in [5.41, 5.74) is 2.30.